The van der Waals surface area contributed by atoms with Gasteiger partial charge in [0.1, 0.15) is 0 Å². The van der Waals surface area contributed by atoms with Gasteiger partial charge in [-0.25, -0.2) is 0 Å². The number of pyridine rings is 1. The normalized spacial score (nSPS) is 20.1. The van der Waals surface area contributed by atoms with Crippen LogP contribution in [0.15, 0.2) is 79.1 Å². The Morgan fingerprint density at radius 2 is 1.76 bits per heavy atom. The van der Waals surface area contributed by atoms with E-state index in [2.05, 4.69) is 65.3 Å². The smallest absolute Gasteiger partial charge is 0.255 e. The van der Waals surface area contributed by atoms with E-state index in [0.29, 0.717) is 17.6 Å². The number of aryl methyl sites for hydroxylation is 1. The lowest BCUT2D eigenvalue weighted by molar-refractivity contribution is -0.0458. The third kappa shape index (κ3) is 5.91. The fourth-order valence-electron chi connectivity index (χ4n) is 4.96. The van der Waals surface area contributed by atoms with Gasteiger partial charge in [-0.1, -0.05) is 54.6 Å². The number of carbonyl (C=O) groups excluding carboxylic acids is 1. The Bertz CT molecular complexity index is 1040. The van der Waals surface area contributed by atoms with E-state index in [9.17, 15) is 4.79 Å². The van der Waals surface area contributed by atoms with E-state index < -0.39 is 0 Å². The second kappa shape index (κ2) is 11.9. The van der Waals surface area contributed by atoms with E-state index in [1.165, 1.54) is 16.7 Å². The van der Waals surface area contributed by atoms with E-state index in [-0.39, 0.29) is 5.91 Å². The highest BCUT2D eigenvalue weighted by molar-refractivity contribution is 5.93. The minimum atomic E-state index is 0.111. The van der Waals surface area contributed by atoms with E-state index >= 15 is 0 Å². The maximum absolute atomic E-state index is 12.6. The average molecular weight is 458 g/mol. The van der Waals surface area contributed by atoms with Gasteiger partial charge in [-0.3, -0.25) is 14.7 Å². The van der Waals surface area contributed by atoms with Crippen LogP contribution in [0.3, 0.4) is 0 Å². The van der Waals surface area contributed by atoms with Crippen molar-refractivity contribution < 1.29 is 9.53 Å². The van der Waals surface area contributed by atoms with Crippen molar-refractivity contribution in [2.75, 3.05) is 33.4 Å². The van der Waals surface area contributed by atoms with Gasteiger partial charge in [0.2, 0.25) is 0 Å². The second-order valence-electron chi connectivity index (χ2n) is 9.12. The molecule has 5 rings (SSSR count). The van der Waals surface area contributed by atoms with Crippen LogP contribution in [0.2, 0.25) is 0 Å². The maximum atomic E-state index is 12.6. The van der Waals surface area contributed by atoms with Crippen molar-refractivity contribution in [2.45, 2.75) is 38.3 Å². The number of ether oxygens (including phenoxy) is 1. The maximum Gasteiger partial charge on any atom is 0.255 e. The molecule has 0 spiro atoms. The molecule has 178 valence electrons. The quantitative estimate of drug-likeness (QED) is 0.549. The molecule has 2 atom stereocenters. The summed E-state index contributed by atoms with van der Waals surface area (Å²) in [6.45, 7) is 5.75. The van der Waals surface area contributed by atoms with Gasteiger partial charge in [0.05, 0.1) is 12.2 Å². The molecule has 5 nitrogen and oxygen atoms in total. The van der Waals surface area contributed by atoms with Crippen molar-refractivity contribution in [3.63, 3.8) is 0 Å². The Hall–Kier alpha value is -3.02. The molecular formula is C29H35N3O2. The van der Waals surface area contributed by atoms with Gasteiger partial charge in [0, 0.05) is 44.7 Å². The fourth-order valence-corrected chi connectivity index (χ4v) is 4.96. The third-order valence-electron chi connectivity index (χ3n) is 6.79. The summed E-state index contributed by atoms with van der Waals surface area (Å²) in [5.74, 6) is 0.111. The minimum absolute atomic E-state index is 0.111. The Morgan fingerprint density at radius 1 is 1.00 bits per heavy atom. The zero-order valence-electron chi connectivity index (χ0n) is 20.3. The number of methoxy groups -OCH3 is 1. The van der Waals surface area contributed by atoms with E-state index in [0.717, 1.165) is 45.5 Å². The first-order valence-corrected chi connectivity index (χ1v) is 12.2. The summed E-state index contributed by atoms with van der Waals surface area (Å²) >= 11 is 0. The van der Waals surface area contributed by atoms with E-state index in [1.807, 2.05) is 23.1 Å². The molecule has 5 heteroatoms. The number of rotatable bonds is 4. The molecule has 2 saturated heterocycles. The molecule has 2 aromatic carbocycles. The van der Waals surface area contributed by atoms with Gasteiger partial charge in [-0.15, -0.1) is 0 Å². The summed E-state index contributed by atoms with van der Waals surface area (Å²) in [4.78, 5) is 21.1. The molecule has 2 fully saturated rings. The fraction of sp³-hybridized carbons (Fsp3) is 0.379. The van der Waals surface area contributed by atoms with E-state index in [1.54, 1.807) is 19.5 Å². The molecule has 0 bridgehead atoms. The standard InChI is InChI=1S/C16H23N3O2.C13H12/c1-21-12-15-9-14-11-18(7-2-3-8-19(14)15)16(20)13-5-4-6-17-10-13;1-11-7-5-6-10-13(11)12-8-3-2-4-9-12/h4-6,10,14-15H,2-3,7-9,11-12H2,1H3;2-10H,1H3/t14-,15+;/m1./s1. The molecule has 1 aromatic heterocycles. The Labute approximate surface area is 203 Å². The number of fused-ring (bicyclic) bond motifs is 1. The molecule has 2 aliphatic rings. The SMILES string of the molecule is COC[C@@H]1C[C@@H]2CN(C(=O)c3cccnc3)CCCCN12.Cc1ccccc1-c1ccccc1. The number of amides is 1. The van der Waals surface area contributed by atoms with Crippen LogP contribution in [-0.2, 0) is 4.74 Å². The van der Waals surface area contributed by atoms with Crippen LogP contribution in [0, 0.1) is 6.92 Å². The molecule has 0 aliphatic carbocycles. The monoisotopic (exact) mass is 457 g/mol. The van der Waals surface area contributed by atoms with Crippen LogP contribution in [0.1, 0.15) is 35.2 Å². The Morgan fingerprint density at radius 3 is 2.50 bits per heavy atom. The molecule has 0 saturated carbocycles. The van der Waals surface area contributed by atoms with Gasteiger partial charge in [0.25, 0.3) is 5.91 Å². The molecular weight excluding hydrogens is 422 g/mol. The second-order valence-corrected chi connectivity index (χ2v) is 9.12. The summed E-state index contributed by atoms with van der Waals surface area (Å²) < 4.78 is 5.28. The molecule has 2 aliphatic heterocycles. The molecule has 1 amide bonds. The third-order valence-corrected chi connectivity index (χ3v) is 6.79. The lowest BCUT2D eigenvalue weighted by Crippen LogP contribution is -2.62. The number of nitrogens with zero attached hydrogens (tertiary/aromatic N) is 3. The molecule has 3 aromatic rings. The average Bonchev–Trinajstić information content (AvgIpc) is 2.87. The zero-order chi connectivity index (χ0) is 23.8. The first-order valence-electron chi connectivity index (χ1n) is 12.2. The van der Waals surface area contributed by atoms with Gasteiger partial charge in [-0.05, 0) is 61.6 Å². The zero-order valence-corrected chi connectivity index (χ0v) is 20.3. The summed E-state index contributed by atoms with van der Waals surface area (Å²) in [5.41, 5.74) is 4.63. The number of benzene rings is 2. The first kappa shape index (κ1) is 24.1. The Kier molecular flexibility index (Phi) is 8.45. The number of hydrogen-bond donors (Lipinski definition) is 0. The number of aromatic nitrogens is 1. The first-order chi connectivity index (χ1) is 16.7. The highest BCUT2D eigenvalue weighted by atomic mass is 16.5. The molecule has 0 N–H and O–H groups in total. The van der Waals surface area contributed by atoms with Crippen molar-refractivity contribution in [1.82, 2.24) is 14.8 Å². The van der Waals surface area contributed by atoms with Gasteiger partial charge in [-0.2, -0.15) is 0 Å². The van der Waals surface area contributed by atoms with Crippen LogP contribution in [-0.4, -0.2) is 66.1 Å². The van der Waals surface area contributed by atoms with Crippen LogP contribution in [0.4, 0.5) is 0 Å². The molecule has 3 heterocycles. The lowest BCUT2D eigenvalue weighted by Gasteiger charge is -2.51. The molecule has 0 radical (unpaired) electrons. The van der Waals surface area contributed by atoms with Crippen molar-refractivity contribution in [3.05, 3.63) is 90.3 Å². The van der Waals surface area contributed by atoms with Crippen LogP contribution < -0.4 is 0 Å². The van der Waals surface area contributed by atoms with Crippen LogP contribution in [0.25, 0.3) is 11.1 Å². The predicted molar refractivity (Wildman–Crippen MR) is 137 cm³/mol. The topological polar surface area (TPSA) is 45.7 Å². The van der Waals surface area contributed by atoms with Crippen molar-refractivity contribution in [3.8, 4) is 11.1 Å². The highest BCUT2D eigenvalue weighted by Gasteiger charge is 2.40. The molecule has 0 unspecified atom stereocenters. The largest absolute Gasteiger partial charge is 0.383 e. The number of hydrogen-bond acceptors (Lipinski definition) is 4. The minimum Gasteiger partial charge on any atom is -0.383 e. The summed E-state index contributed by atoms with van der Waals surface area (Å²) in [6.07, 6.45) is 6.70. The van der Waals surface area contributed by atoms with Gasteiger partial charge in [0.15, 0.2) is 0 Å². The molecule has 34 heavy (non-hydrogen) atoms. The van der Waals surface area contributed by atoms with Gasteiger partial charge >= 0.3 is 0 Å². The van der Waals surface area contributed by atoms with Gasteiger partial charge < -0.3 is 9.64 Å². The van der Waals surface area contributed by atoms with Crippen molar-refractivity contribution >= 4 is 5.91 Å². The Balaban J connectivity index is 0.000000180. The van der Waals surface area contributed by atoms with Crippen molar-refractivity contribution in [2.24, 2.45) is 0 Å². The van der Waals surface area contributed by atoms with Crippen LogP contribution >= 0.6 is 0 Å². The summed E-state index contributed by atoms with van der Waals surface area (Å²) in [5, 5.41) is 0. The number of carbonyl (C=O) groups is 1. The van der Waals surface area contributed by atoms with E-state index in [4.69, 9.17) is 4.74 Å². The summed E-state index contributed by atoms with van der Waals surface area (Å²) in [6, 6.07) is 23.6. The summed E-state index contributed by atoms with van der Waals surface area (Å²) in [7, 11) is 1.76. The highest BCUT2D eigenvalue weighted by Crippen LogP contribution is 2.29. The van der Waals surface area contributed by atoms with Crippen LogP contribution in [0.5, 0.6) is 0 Å². The lowest BCUT2D eigenvalue weighted by atomic mass is 9.91. The predicted octanol–water partition coefficient (Wildman–Crippen LogP) is 5.07. The van der Waals surface area contributed by atoms with Crippen molar-refractivity contribution in [1.29, 1.82) is 0 Å².